The molecular formula is C13H21IN4. The van der Waals surface area contributed by atoms with Crippen LogP contribution in [0.1, 0.15) is 37.2 Å². The third-order valence-corrected chi connectivity index (χ3v) is 4.08. The van der Waals surface area contributed by atoms with E-state index in [2.05, 4.69) is 58.8 Å². The van der Waals surface area contributed by atoms with Crippen LogP contribution in [0.15, 0.2) is 0 Å². The van der Waals surface area contributed by atoms with Crippen LogP contribution in [-0.4, -0.2) is 42.1 Å². The Morgan fingerprint density at radius 1 is 1.33 bits per heavy atom. The van der Waals surface area contributed by atoms with Crippen LogP contribution in [0.25, 0.3) is 0 Å². The van der Waals surface area contributed by atoms with Crippen molar-refractivity contribution in [2.75, 3.05) is 32.5 Å². The maximum absolute atomic E-state index is 4.76. The number of nitrogens with one attached hydrogen (secondary N) is 1. The molecule has 1 aromatic rings. The standard InChI is InChI=1S/C13H21IN4/c1-4-15-13-11(14)12(9-5-6-9)16-10(17-13)7-8-18(2)3/h9H,4-8H2,1-3H3,(H,15,16,17). The largest absolute Gasteiger partial charge is 0.369 e. The molecule has 5 heteroatoms. The molecule has 1 heterocycles. The number of nitrogens with zero attached hydrogens (tertiary/aromatic N) is 3. The van der Waals surface area contributed by atoms with Crippen LogP contribution in [0.2, 0.25) is 0 Å². The van der Waals surface area contributed by atoms with E-state index in [0.717, 1.165) is 31.2 Å². The van der Waals surface area contributed by atoms with Gasteiger partial charge in [-0.3, -0.25) is 0 Å². The molecule has 18 heavy (non-hydrogen) atoms. The van der Waals surface area contributed by atoms with Gasteiger partial charge in [0.25, 0.3) is 0 Å². The molecule has 0 amide bonds. The number of aromatic nitrogens is 2. The molecule has 0 radical (unpaired) electrons. The molecule has 1 fully saturated rings. The molecule has 1 saturated carbocycles. The predicted octanol–water partition coefficient (Wildman–Crippen LogP) is 2.49. The van der Waals surface area contributed by atoms with Crippen molar-refractivity contribution in [1.29, 1.82) is 0 Å². The van der Waals surface area contributed by atoms with Gasteiger partial charge in [0.05, 0.1) is 9.26 Å². The number of halogens is 1. The van der Waals surface area contributed by atoms with Gasteiger partial charge in [-0.05, 0) is 56.5 Å². The van der Waals surface area contributed by atoms with E-state index in [1.54, 1.807) is 0 Å². The number of hydrogen-bond donors (Lipinski definition) is 1. The highest BCUT2D eigenvalue weighted by molar-refractivity contribution is 14.1. The Labute approximate surface area is 123 Å². The van der Waals surface area contributed by atoms with Crippen LogP contribution in [0.4, 0.5) is 5.82 Å². The SMILES string of the molecule is CCNc1nc(CCN(C)C)nc(C2CC2)c1I. The van der Waals surface area contributed by atoms with Gasteiger partial charge in [-0.2, -0.15) is 0 Å². The molecule has 1 aromatic heterocycles. The summed E-state index contributed by atoms with van der Waals surface area (Å²) in [6, 6.07) is 0. The van der Waals surface area contributed by atoms with Crippen molar-refractivity contribution in [1.82, 2.24) is 14.9 Å². The van der Waals surface area contributed by atoms with Crippen molar-refractivity contribution in [3.8, 4) is 0 Å². The van der Waals surface area contributed by atoms with Crippen molar-refractivity contribution in [2.24, 2.45) is 0 Å². The fourth-order valence-electron chi connectivity index (χ4n) is 1.86. The van der Waals surface area contributed by atoms with Crippen molar-refractivity contribution in [2.45, 2.75) is 32.1 Å². The van der Waals surface area contributed by atoms with E-state index in [9.17, 15) is 0 Å². The normalized spacial score (nSPS) is 15.2. The first kappa shape index (κ1) is 14.0. The molecule has 0 spiro atoms. The topological polar surface area (TPSA) is 41.1 Å². The highest BCUT2D eigenvalue weighted by atomic mass is 127. The number of likely N-dealkylation sites (N-methyl/N-ethyl adjacent to an activating group) is 1. The van der Waals surface area contributed by atoms with Gasteiger partial charge in [-0.25, -0.2) is 9.97 Å². The second kappa shape index (κ2) is 6.14. The van der Waals surface area contributed by atoms with Gasteiger partial charge in [0.1, 0.15) is 11.6 Å². The maximum atomic E-state index is 4.76. The van der Waals surface area contributed by atoms with E-state index >= 15 is 0 Å². The van der Waals surface area contributed by atoms with E-state index < -0.39 is 0 Å². The van der Waals surface area contributed by atoms with Crippen LogP contribution in [0, 0.1) is 3.57 Å². The van der Waals surface area contributed by atoms with Gasteiger partial charge in [-0.1, -0.05) is 0 Å². The molecule has 1 aliphatic rings. The lowest BCUT2D eigenvalue weighted by molar-refractivity contribution is 0.409. The van der Waals surface area contributed by atoms with Crippen LogP contribution < -0.4 is 5.32 Å². The van der Waals surface area contributed by atoms with E-state index in [1.165, 1.54) is 22.1 Å². The first-order valence-electron chi connectivity index (χ1n) is 6.56. The molecule has 4 nitrogen and oxygen atoms in total. The summed E-state index contributed by atoms with van der Waals surface area (Å²) in [4.78, 5) is 11.6. The van der Waals surface area contributed by atoms with Crippen LogP contribution in [-0.2, 0) is 6.42 Å². The molecule has 0 saturated heterocycles. The third kappa shape index (κ3) is 3.54. The monoisotopic (exact) mass is 360 g/mol. The summed E-state index contributed by atoms with van der Waals surface area (Å²) in [7, 11) is 4.17. The highest BCUT2D eigenvalue weighted by Gasteiger charge is 2.29. The van der Waals surface area contributed by atoms with Crippen LogP contribution in [0.5, 0.6) is 0 Å². The molecule has 0 bridgehead atoms. The van der Waals surface area contributed by atoms with Gasteiger partial charge in [0.2, 0.25) is 0 Å². The van der Waals surface area contributed by atoms with E-state index in [4.69, 9.17) is 4.98 Å². The Balaban J connectivity index is 2.23. The second-order valence-corrected chi connectivity index (χ2v) is 6.12. The lowest BCUT2D eigenvalue weighted by Gasteiger charge is -2.13. The summed E-state index contributed by atoms with van der Waals surface area (Å²) in [6.45, 7) is 4.01. The Morgan fingerprint density at radius 2 is 2.06 bits per heavy atom. The summed E-state index contributed by atoms with van der Waals surface area (Å²) in [5.41, 5.74) is 1.26. The summed E-state index contributed by atoms with van der Waals surface area (Å²) >= 11 is 2.38. The minimum Gasteiger partial charge on any atom is -0.369 e. The lowest BCUT2D eigenvalue weighted by Crippen LogP contribution is -2.18. The molecule has 0 aliphatic heterocycles. The highest BCUT2D eigenvalue weighted by Crippen LogP contribution is 2.42. The number of rotatable bonds is 6. The fourth-order valence-corrected chi connectivity index (χ4v) is 2.73. The smallest absolute Gasteiger partial charge is 0.143 e. The summed E-state index contributed by atoms with van der Waals surface area (Å²) in [5.74, 6) is 2.67. The second-order valence-electron chi connectivity index (χ2n) is 5.05. The van der Waals surface area contributed by atoms with Crippen molar-refractivity contribution in [3.63, 3.8) is 0 Å². The first-order chi connectivity index (χ1) is 8.61. The fraction of sp³-hybridized carbons (Fsp3) is 0.692. The van der Waals surface area contributed by atoms with Crippen molar-refractivity contribution >= 4 is 28.4 Å². The first-order valence-corrected chi connectivity index (χ1v) is 7.64. The van der Waals surface area contributed by atoms with Crippen molar-refractivity contribution in [3.05, 3.63) is 15.1 Å². The average Bonchev–Trinajstić information content (AvgIpc) is 3.14. The van der Waals surface area contributed by atoms with Crippen molar-refractivity contribution < 1.29 is 0 Å². The molecule has 100 valence electrons. The van der Waals surface area contributed by atoms with Gasteiger partial charge >= 0.3 is 0 Å². The Bertz CT molecular complexity index is 416. The Kier molecular flexibility index (Phi) is 4.77. The molecule has 0 unspecified atom stereocenters. The molecule has 2 rings (SSSR count). The molecule has 1 N–H and O–H groups in total. The summed E-state index contributed by atoms with van der Waals surface area (Å²) in [6.07, 6.45) is 3.49. The van der Waals surface area contributed by atoms with E-state index in [-0.39, 0.29) is 0 Å². The van der Waals surface area contributed by atoms with E-state index in [0.29, 0.717) is 5.92 Å². The number of anilines is 1. The lowest BCUT2D eigenvalue weighted by atomic mass is 10.2. The average molecular weight is 360 g/mol. The zero-order valence-corrected chi connectivity index (χ0v) is 13.5. The Morgan fingerprint density at radius 3 is 2.61 bits per heavy atom. The zero-order valence-electron chi connectivity index (χ0n) is 11.3. The minimum absolute atomic E-state index is 0.676. The summed E-state index contributed by atoms with van der Waals surface area (Å²) in [5, 5.41) is 3.35. The maximum Gasteiger partial charge on any atom is 0.143 e. The molecular weight excluding hydrogens is 339 g/mol. The quantitative estimate of drug-likeness (QED) is 0.792. The van der Waals surface area contributed by atoms with Gasteiger partial charge in [0, 0.05) is 25.4 Å². The van der Waals surface area contributed by atoms with Gasteiger partial charge in [0.15, 0.2) is 0 Å². The van der Waals surface area contributed by atoms with Gasteiger partial charge in [-0.15, -0.1) is 0 Å². The van der Waals surface area contributed by atoms with Crippen LogP contribution >= 0.6 is 22.6 Å². The molecule has 0 atom stereocenters. The zero-order chi connectivity index (χ0) is 13.1. The minimum atomic E-state index is 0.676. The molecule has 0 aromatic carbocycles. The number of hydrogen-bond acceptors (Lipinski definition) is 4. The molecule has 1 aliphatic carbocycles. The predicted molar refractivity (Wildman–Crippen MR) is 83.1 cm³/mol. The third-order valence-electron chi connectivity index (χ3n) is 3.01. The van der Waals surface area contributed by atoms with Gasteiger partial charge < -0.3 is 10.2 Å². The Hall–Kier alpha value is -0.430. The van der Waals surface area contributed by atoms with E-state index in [1.807, 2.05) is 0 Å². The van der Waals surface area contributed by atoms with Crippen LogP contribution in [0.3, 0.4) is 0 Å². The summed E-state index contributed by atoms with van der Waals surface area (Å²) < 4.78 is 1.21.